The first kappa shape index (κ1) is 18.2. The number of hydrogen-bond donors (Lipinski definition) is 2. The van der Waals surface area contributed by atoms with Crippen LogP contribution >= 0.6 is 11.6 Å². The molecule has 3 N–H and O–H groups in total. The molecule has 1 aromatic carbocycles. The first-order chi connectivity index (χ1) is 10.9. The van der Waals surface area contributed by atoms with Gasteiger partial charge in [-0.3, -0.25) is 4.79 Å². The van der Waals surface area contributed by atoms with Crippen molar-refractivity contribution in [2.45, 2.75) is 36.6 Å². The summed E-state index contributed by atoms with van der Waals surface area (Å²) in [6, 6.07) is 6.02. The zero-order chi connectivity index (χ0) is 16.9. The summed E-state index contributed by atoms with van der Waals surface area (Å²) in [6.07, 6.45) is 2.72. The highest BCUT2D eigenvalue weighted by atomic mass is 35.5. The summed E-state index contributed by atoms with van der Waals surface area (Å²) in [6.45, 7) is 1.03. The number of sulfonamides is 1. The van der Waals surface area contributed by atoms with Crippen LogP contribution < -0.4 is 11.1 Å². The van der Waals surface area contributed by atoms with Crippen molar-refractivity contribution in [3.63, 3.8) is 0 Å². The van der Waals surface area contributed by atoms with Crippen molar-refractivity contribution in [2.75, 3.05) is 19.6 Å². The Bertz CT molecular complexity index is 651. The zero-order valence-electron chi connectivity index (χ0n) is 12.9. The van der Waals surface area contributed by atoms with E-state index in [1.807, 2.05) is 0 Å². The van der Waals surface area contributed by atoms with Gasteiger partial charge < -0.3 is 11.1 Å². The van der Waals surface area contributed by atoms with Crippen LogP contribution in [-0.2, 0) is 14.8 Å². The first-order valence-electron chi connectivity index (χ1n) is 7.69. The fraction of sp³-hybridized carbons (Fsp3) is 0.533. The van der Waals surface area contributed by atoms with E-state index in [0.29, 0.717) is 18.1 Å². The minimum Gasteiger partial charge on any atom is -0.354 e. The Morgan fingerprint density at radius 1 is 1.39 bits per heavy atom. The number of piperidine rings is 1. The largest absolute Gasteiger partial charge is 0.354 e. The zero-order valence-corrected chi connectivity index (χ0v) is 14.4. The Kier molecular flexibility index (Phi) is 6.41. The van der Waals surface area contributed by atoms with E-state index in [4.69, 9.17) is 17.3 Å². The molecule has 0 spiro atoms. The second kappa shape index (κ2) is 8.10. The summed E-state index contributed by atoms with van der Waals surface area (Å²) in [5, 5.41) is 3.15. The summed E-state index contributed by atoms with van der Waals surface area (Å²) in [4.78, 5) is 11.8. The first-order valence-corrected chi connectivity index (χ1v) is 9.51. The Morgan fingerprint density at radius 3 is 2.87 bits per heavy atom. The van der Waals surface area contributed by atoms with Crippen molar-refractivity contribution in [2.24, 2.45) is 5.73 Å². The van der Waals surface area contributed by atoms with Gasteiger partial charge >= 0.3 is 0 Å². The average molecular weight is 360 g/mol. The predicted molar refractivity (Wildman–Crippen MR) is 89.7 cm³/mol. The highest BCUT2D eigenvalue weighted by Crippen LogP contribution is 2.26. The highest BCUT2D eigenvalue weighted by Gasteiger charge is 2.33. The normalized spacial score (nSPS) is 19.5. The number of rotatable bonds is 6. The number of amides is 1. The minimum atomic E-state index is -3.62. The predicted octanol–water partition coefficient (Wildman–Crippen LogP) is 1.35. The fourth-order valence-corrected chi connectivity index (χ4v) is 4.70. The highest BCUT2D eigenvalue weighted by molar-refractivity contribution is 7.89. The van der Waals surface area contributed by atoms with Crippen molar-refractivity contribution in [1.29, 1.82) is 0 Å². The molecule has 2 rings (SSSR count). The molecule has 23 heavy (non-hydrogen) atoms. The molecule has 1 aromatic rings. The van der Waals surface area contributed by atoms with Gasteiger partial charge in [0.05, 0.1) is 4.90 Å². The molecule has 1 atom stereocenters. The molecular weight excluding hydrogens is 338 g/mol. The Morgan fingerprint density at radius 2 is 2.17 bits per heavy atom. The summed E-state index contributed by atoms with van der Waals surface area (Å²) in [5.41, 5.74) is 5.35. The molecule has 6 nitrogen and oxygen atoms in total. The lowest BCUT2D eigenvalue weighted by Crippen LogP contribution is -2.49. The number of nitrogens with zero attached hydrogens (tertiary/aromatic N) is 1. The van der Waals surface area contributed by atoms with Crippen LogP contribution in [0.5, 0.6) is 0 Å². The van der Waals surface area contributed by atoms with Crippen LogP contribution in [0.3, 0.4) is 0 Å². The van der Waals surface area contributed by atoms with Crippen molar-refractivity contribution in [1.82, 2.24) is 9.62 Å². The Hall–Kier alpha value is -1.15. The van der Waals surface area contributed by atoms with Crippen LogP contribution in [0.1, 0.15) is 25.7 Å². The van der Waals surface area contributed by atoms with E-state index >= 15 is 0 Å². The maximum atomic E-state index is 12.9. The molecule has 1 saturated heterocycles. The quantitative estimate of drug-likeness (QED) is 0.801. The van der Waals surface area contributed by atoms with E-state index in [9.17, 15) is 13.2 Å². The van der Waals surface area contributed by atoms with Gasteiger partial charge in [0.2, 0.25) is 15.9 Å². The standard InChI is InChI=1S/C15H22ClN3O3S/c16-12-4-3-6-14(10-12)23(21,22)19-9-2-1-5-13(19)11-18-15(20)7-8-17/h3-4,6,10,13H,1-2,5,7-9,11,17H2,(H,18,20). The van der Waals surface area contributed by atoms with Crippen molar-refractivity contribution in [3.8, 4) is 0 Å². The Labute approximate surface area is 142 Å². The Balaban J connectivity index is 2.15. The van der Waals surface area contributed by atoms with E-state index in [1.54, 1.807) is 18.2 Å². The second-order valence-corrected chi connectivity index (χ2v) is 7.89. The third kappa shape index (κ3) is 4.67. The van der Waals surface area contributed by atoms with Crippen molar-refractivity contribution < 1.29 is 13.2 Å². The van der Waals surface area contributed by atoms with Crippen LogP contribution in [-0.4, -0.2) is 44.3 Å². The van der Waals surface area contributed by atoms with Crippen LogP contribution in [0, 0.1) is 0 Å². The van der Waals surface area contributed by atoms with Gasteiger partial charge in [-0.05, 0) is 31.0 Å². The van der Waals surface area contributed by atoms with E-state index in [2.05, 4.69) is 5.32 Å². The topological polar surface area (TPSA) is 92.5 Å². The molecule has 0 bridgehead atoms. The van der Waals surface area contributed by atoms with Gasteiger partial charge in [0, 0.05) is 37.1 Å². The van der Waals surface area contributed by atoms with Gasteiger partial charge in [-0.15, -0.1) is 0 Å². The number of benzene rings is 1. The van der Waals surface area contributed by atoms with Crippen LogP contribution in [0.2, 0.25) is 5.02 Å². The maximum Gasteiger partial charge on any atom is 0.243 e. The summed E-state index contributed by atoms with van der Waals surface area (Å²) in [7, 11) is -3.62. The molecular formula is C15H22ClN3O3S. The van der Waals surface area contributed by atoms with Gasteiger partial charge in [0.15, 0.2) is 0 Å². The molecule has 0 saturated carbocycles. The third-order valence-corrected chi connectivity index (χ3v) is 6.06. The summed E-state index contributed by atoms with van der Waals surface area (Å²) < 4.78 is 27.2. The molecule has 1 amide bonds. The molecule has 1 fully saturated rings. The second-order valence-electron chi connectivity index (χ2n) is 5.57. The fourth-order valence-electron chi connectivity index (χ4n) is 2.71. The van der Waals surface area contributed by atoms with Gasteiger partial charge in [-0.2, -0.15) is 4.31 Å². The molecule has 1 aliphatic heterocycles. The van der Waals surface area contributed by atoms with Gasteiger partial charge in [-0.1, -0.05) is 24.1 Å². The average Bonchev–Trinajstić information content (AvgIpc) is 2.53. The molecule has 0 aromatic heterocycles. The van der Waals surface area contributed by atoms with Crippen LogP contribution in [0.25, 0.3) is 0 Å². The van der Waals surface area contributed by atoms with E-state index in [-0.39, 0.29) is 29.8 Å². The van der Waals surface area contributed by atoms with Gasteiger partial charge in [0.25, 0.3) is 0 Å². The van der Waals surface area contributed by atoms with Gasteiger partial charge in [-0.25, -0.2) is 8.42 Å². The van der Waals surface area contributed by atoms with E-state index < -0.39 is 10.0 Å². The van der Waals surface area contributed by atoms with Crippen LogP contribution in [0.15, 0.2) is 29.2 Å². The molecule has 1 unspecified atom stereocenters. The minimum absolute atomic E-state index is 0.154. The van der Waals surface area contributed by atoms with E-state index in [0.717, 1.165) is 19.3 Å². The molecule has 1 heterocycles. The van der Waals surface area contributed by atoms with Crippen molar-refractivity contribution in [3.05, 3.63) is 29.3 Å². The molecule has 8 heteroatoms. The van der Waals surface area contributed by atoms with Crippen LogP contribution in [0.4, 0.5) is 0 Å². The van der Waals surface area contributed by atoms with Crippen molar-refractivity contribution >= 4 is 27.5 Å². The third-order valence-electron chi connectivity index (χ3n) is 3.88. The summed E-state index contributed by atoms with van der Waals surface area (Å²) in [5.74, 6) is -0.154. The molecule has 0 aliphatic carbocycles. The SMILES string of the molecule is NCCC(=O)NCC1CCCCN1S(=O)(=O)c1cccc(Cl)c1. The number of nitrogens with two attached hydrogens (primary N) is 1. The maximum absolute atomic E-state index is 12.9. The van der Waals surface area contributed by atoms with Gasteiger partial charge in [0.1, 0.15) is 0 Å². The number of carbonyl (C=O) groups excluding carboxylic acids is 1. The number of nitrogens with one attached hydrogen (secondary N) is 1. The molecule has 128 valence electrons. The summed E-state index contributed by atoms with van der Waals surface area (Å²) >= 11 is 5.91. The number of halogens is 1. The lowest BCUT2D eigenvalue weighted by atomic mass is 10.1. The number of carbonyl (C=O) groups is 1. The molecule has 1 aliphatic rings. The smallest absolute Gasteiger partial charge is 0.243 e. The molecule has 0 radical (unpaired) electrons. The lowest BCUT2D eigenvalue weighted by Gasteiger charge is -2.34. The van der Waals surface area contributed by atoms with E-state index in [1.165, 1.54) is 10.4 Å². The monoisotopic (exact) mass is 359 g/mol. The number of hydrogen-bond acceptors (Lipinski definition) is 4. The lowest BCUT2D eigenvalue weighted by molar-refractivity contribution is -0.121.